The molecule has 0 bridgehead atoms. The Balaban J connectivity index is -0.000000210. The summed E-state index contributed by atoms with van der Waals surface area (Å²) in [5.74, 6) is 2.82. The Kier molecular flexibility index (Phi) is 41.7. The van der Waals surface area contributed by atoms with E-state index in [0.717, 1.165) is 36.9 Å². The molecular formula is C34H58O6. The number of rotatable bonds is 6. The third-order valence-electron chi connectivity index (χ3n) is 4.75. The molecule has 1 heterocycles. The van der Waals surface area contributed by atoms with Gasteiger partial charge in [-0.2, -0.15) is 0 Å². The fraction of sp³-hybridized carbons (Fsp3) is 0.559. The van der Waals surface area contributed by atoms with Gasteiger partial charge in [0.2, 0.25) is 6.79 Å². The summed E-state index contributed by atoms with van der Waals surface area (Å²) in [4.78, 5) is 30.2. The number of carbonyl (C=O) groups excluding carboxylic acids is 3. The fourth-order valence-electron chi connectivity index (χ4n) is 3.19. The zero-order valence-corrected chi connectivity index (χ0v) is 27.0. The van der Waals surface area contributed by atoms with Crippen LogP contribution < -0.4 is 14.2 Å². The van der Waals surface area contributed by atoms with Gasteiger partial charge in [-0.1, -0.05) is 120 Å². The second-order valence-electron chi connectivity index (χ2n) is 6.93. The quantitative estimate of drug-likeness (QED) is 0.326. The third-order valence-corrected chi connectivity index (χ3v) is 4.75. The van der Waals surface area contributed by atoms with Gasteiger partial charge < -0.3 is 19.0 Å². The summed E-state index contributed by atoms with van der Waals surface area (Å²) >= 11 is 0. The molecule has 2 aromatic carbocycles. The molecule has 1 saturated carbocycles. The lowest BCUT2D eigenvalue weighted by atomic mass is 9.87. The number of carbonyl (C=O) groups is 3. The highest BCUT2D eigenvalue weighted by atomic mass is 16.7. The molecule has 6 nitrogen and oxygen atoms in total. The van der Waals surface area contributed by atoms with Crippen LogP contribution >= 0.6 is 0 Å². The zero-order valence-electron chi connectivity index (χ0n) is 27.0. The molecule has 4 rings (SSSR count). The van der Waals surface area contributed by atoms with Crippen molar-refractivity contribution in [3.63, 3.8) is 0 Å². The van der Waals surface area contributed by atoms with Crippen LogP contribution in [0.25, 0.3) is 0 Å². The average molecular weight is 563 g/mol. The van der Waals surface area contributed by atoms with Gasteiger partial charge in [0.15, 0.2) is 17.8 Å². The molecule has 2 aliphatic rings. The molecule has 0 N–H and O–H groups in total. The summed E-state index contributed by atoms with van der Waals surface area (Å²) in [6.07, 6.45) is 10.0. The monoisotopic (exact) mass is 562 g/mol. The van der Waals surface area contributed by atoms with Crippen LogP contribution in [0.5, 0.6) is 17.2 Å². The van der Waals surface area contributed by atoms with E-state index >= 15 is 0 Å². The Labute approximate surface area is 245 Å². The minimum atomic E-state index is 0.129. The third kappa shape index (κ3) is 23.9. The van der Waals surface area contributed by atoms with Crippen LogP contribution in [0.4, 0.5) is 0 Å². The molecule has 0 radical (unpaired) electrons. The lowest BCUT2D eigenvalue weighted by Crippen LogP contribution is -2.05. The van der Waals surface area contributed by atoms with Gasteiger partial charge in [0, 0.05) is 12.0 Å². The van der Waals surface area contributed by atoms with Crippen LogP contribution in [0.15, 0.2) is 48.5 Å². The van der Waals surface area contributed by atoms with Gasteiger partial charge in [-0.15, -0.1) is 0 Å². The summed E-state index contributed by atoms with van der Waals surface area (Å²) in [5, 5.41) is 0. The summed E-state index contributed by atoms with van der Waals surface area (Å²) < 4.78 is 15.1. The summed E-state index contributed by atoms with van der Waals surface area (Å²) in [7, 11) is 0. The SMILES string of the molecule is CC.CC.CC.CC.CC.O=CCC1CCCCC1.O=CCOc1ccccc1.O=Cc1ccc2c(c1)OCO2. The molecule has 40 heavy (non-hydrogen) atoms. The van der Waals surface area contributed by atoms with E-state index in [1.807, 2.05) is 99.6 Å². The van der Waals surface area contributed by atoms with E-state index in [1.165, 1.54) is 32.1 Å². The van der Waals surface area contributed by atoms with Crippen molar-refractivity contribution in [1.82, 2.24) is 0 Å². The number of hydrogen-bond acceptors (Lipinski definition) is 6. The van der Waals surface area contributed by atoms with Gasteiger partial charge in [-0.25, -0.2) is 0 Å². The van der Waals surface area contributed by atoms with E-state index < -0.39 is 0 Å². The molecule has 0 unspecified atom stereocenters. The van der Waals surface area contributed by atoms with E-state index in [-0.39, 0.29) is 13.4 Å². The maximum atomic E-state index is 10.3. The van der Waals surface area contributed by atoms with E-state index in [4.69, 9.17) is 14.2 Å². The van der Waals surface area contributed by atoms with Crippen molar-refractivity contribution in [3.05, 3.63) is 54.1 Å². The van der Waals surface area contributed by atoms with Gasteiger partial charge >= 0.3 is 0 Å². The first-order chi connectivity index (χ1) is 19.8. The lowest BCUT2D eigenvalue weighted by molar-refractivity contribution is -0.110. The van der Waals surface area contributed by atoms with Gasteiger partial charge in [0.25, 0.3) is 0 Å². The highest BCUT2D eigenvalue weighted by molar-refractivity contribution is 5.76. The minimum absolute atomic E-state index is 0.129. The Hall–Kier alpha value is -3.15. The van der Waals surface area contributed by atoms with Gasteiger partial charge in [-0.05, 0) is 36.2 Å². The smallest absolute Gasteiger partial charge is 0.231 e. The molecular weight excluding hydrogens is 504 g/mol. The Bertz CT molecular complexity index is 771. The molecule has 0 spiro atoms. The molecule has 6 heteroatoms. The first-order valence-corrected chi connectivity index (χ1v) is 15.2. The summed E-state index contributed by atoms with van der Waals surface area (Å²) in [5.41, 5.74) is 0.606. The van der Waals surface area contributed by atoms with E-state index in [0.29, 0.717) is 17.1 Å². The molecule has 1 fully saturated rings. The van der Waals surface area contributed by atoms with Crippen LogP contribution in [0.1, 0.15) is 118 Å². The highest BCUT2D eigenvalue weighted by Crippen LogP contribution is 2.31. The molecule has 0 aromatic heterocycles. The molecule has 230 valence electrons. The number of hydrogen-bond donors (Lipinski definition) is 0. The van der Waals surface area contributed by atoms with Gasteiger partial charge in [-0.3, -0.25) is 9.59 Å². The molecule has 0 amide bonds. The predicted molar refractivity (Wildman–Crippen MR) is 170 cm³/mol. The van der Waals surface area contributed by atoms with Gasteiger partial charge in [0.05, 0.1) is 0 Å². The first-order valence-electron chi connectivity index (χ1n) is 15.2. The van der Waals surface area contributed by atoms with Crippen LogP contribution in [0, 0.1) is 5.92 Å². The Morgan fingerprint density at radius 1 is 0.700 bits per heavy atom. The molecule has 1 aliphatic carbocycles. The summed E-state index contributed by atoms with van der Waals surface area (Å²) in [6.45, 7) is 20.4. The molecule has 0 saturated heterocycles. The van der Waals surface area contributed by atoms with Crippen molar-refractivity contribution in [3.8, 4) is 17.2 Å². The van der Waals surface area contributed by atoms with Crippen molar-refractivity contribution in [2.24, 2.45) is 5.92 Å². The largest absolute Gasteiger partial charge is 0.486 e. The molecule has 2 aromatic rings. The van der Waals surface area contributed by atoms with Crippen molar-refractivity contribution in [2.45, 2.75) is 108 Å². The van der Waals surface area contributed by atoms with Crippen LogP contribution in [-0.4, -0.2) is 32.3 Å². The van der Waals surface area contributed by atoms with Crippen LogP contribution in [-0.2, 0) is 9.59 Å². The minimum Gasteiger partial charge on any atom is -0.486 e. The number of ether oxygens (including phenoxy) is 3. The predicted octanol–water partition coefficient (Wildman–Crippen LogP) is 9.78. The Morgan fingerprint density at radius 2 is 1.25 bits per heavy atom. The van der Waals surface area contributed by atoms with Crippen molar-refractivity contribution in [2.75, 3.05) is 13.4 Å². The number of para-hydroxylation sites is 1. The topological polar surface area (TPSA) is 78.9 Å². The van der Waals surface area contributed by atoms with Crippen molar-refractivity contribution < 1.29 is 28.6 Å². The number of aldehydes is 3. The van der Waals surface area contributed by atoms with Crippen LogP contribution in [0.2, 0.25) is 0 Å². The number of fused-ring (bicyclic) bond motifs is 1. The highest BCUT2D eigenvalue weighted by Gasteiger charge is 2.12. The summed E-state index contributed by atoms with van der Waals surface area (Å²) in [6, 6.07) is 14.3. The standard InChI is InChI=1S/C8H6O3.C8H8O2.C8H14O.5C2H6/c9-4-6-1-2-7-8(3-6)11-5-10-7;9-6-7-10-8-4-2-1-3-5-8;9-7-6-8-4-2-1-3-5-8;5*1-2/h1-4H,5H2;1-6H,7H2;7-8H,1-6H2;5*1-2H3. The van der Waals surface area contributed by atoms with E-state index in [2.05, 4.69) is 0 Å². The first kappa shape index (κ1) is 43.9. The van der Waals surface area contributed by atoms with Gasteiger partial charge in [0.1, 0.15) is 24.9 Å². The molecule has 0 atom stereocenters. The van der Waals surface area contributed by atoms with Crippen LogP contribution in [0.3, 0.4) is 0 Å². The van der Waals surface area contributed by atoms with E-state index in [9.17, 15) is 14.4 Å². The lowest BCUT2D eigenvalue weighted by Gasteiger charge is -2.18. The average Bonchev–Trinajstić information content (AvgIpc) is 3.55. The maximum absolute atomic E-state index is 10.3. The van der Waals surface area contributed by atoms with E-state index in [1.54, 1.807) is 18.2 Å². The number of benzene rings is 2. The zero-order chi connectivity index (χ0) is 31.4. The van der Waals surface area contributed by atoms with Crippen molar-refractivity contribution >= 4 is 18.9 Å². The fourth-order valence-corrected chi connectivity index (χ4v) is 3.19. The molecule has 1 aliphatic heterocycles. The Morgan fingerprint density at radius 3 is 1.75 bits per heavy atom. The van der Waals surface area contributed by atoms with Crippen molar-refractivity contribution in [1.29, 1.82) is 0 Å². The normalized spacial score (nSPS) is 11.4. The maximum Gasteiger partial charge on any atom is 0.231 e. The second-order valence-corrected chi connectivity index (χ2v) is 6.93. The second kappa shape index (κ2) is 38.0.